The van der Waals surface area contributed by atoms with E-state index in [1.165, 1.54) is 9.40 Å². The Morgan fingerprint density at radius 1 is 1.44 bits per heavy atom. The van der Waals surface area contributed by atoms with Gasteiger partial charge in [-0.05, 0) is 31.4 Å². The highest BCUT2D eigenvalue weighted by molar-refractivity contribution is 7.27. The molecule has 0 spiro atoms. The van der Waals surface area contributed by atoms with Crippen molar-refractivity contribution in [3.8, 4) is 0 Å². The van der Waals surface area contributed by atoms with Crippen LogP contribution < -0.4 is 5.32 Å². The zero-order valence-electron chi connectivity index (χ0n) is 10.5. The van der Waals surface area contributed by atoms with Gasteiger partial charge in [-0.2, -0.15) is 0 Å². The summed E-state index contributed by atoms with van der Waals surface area (Å²) in [7, 11) is 0. The number of amides is 1. The Morgan fingerprint density at radius 3 is 3.06 bits per heavy atom. The normalized spacial score (nSPS) is 24.7. The molecule has 96 valence electrons. The zero-order valence-corrected chi connectivity index (χ0v) is 12.1. The molecule has 3 nitrogen and oxygen atoms in total. The van der Waals surface area contributed by atoms with E-state index in [2.05, 4.69) is 30.6 Å². The Kier molecular flexibility index (Phi) is 3.13. The number of carbonyl (C=O) groups is 1. The number of hydrogen-bond acceptors (Lipinski definition) is 4. The Morgan fingerprint density at radius 2 is 2.28 bits per heavy atom. The van der Waals surface area contributed by atoms with E-state index in [0.29, 0.717) is 6.04 Å². The first-order valence-corrected chi connectivity index (χ1v) is 7.86. The van der Waals surface area contributed by atoms with Crippen molar-refractivity contribution in [2.24, 2.45) is 0 Å². The lowest BCUT2D eigenvalue weighted by Gasteiger charge is -2.37. The van der Waals surface area contributed by atoms with Gasteiger partial charge in [0.05, 0.1) is 4.88 Å². The topological polar surface area (TPSA) is 32.3 Å². The summed E-state index contributed by atoms with van der Waals surface area (Å²) in [5, 5.41) is 5.48. The molecule has 18 heavy (non-hydrogen) atoms. The first kappa shape index (κ1) is 12.1. The fraction of sp³-hybridized carbons (Fsp3) is 0.462. The van der Waals surface area contributed by atoms with Crippen LogP contribution in [0.5, 0.6) is 0 Å². The summed E-state index contributed by atoms with van der Waals surface area (Å²) in [4.78, 5) is 15.4. The van der Waals surface area contributed by atoms with Gasteiger partial charge in [-0.1, -0.05) is 0 Å². The second-order valence-corrected chi connectivity index (χ2v) is 6.91. The molecule has 5 heteroatoms. The van der Waals surface area contributed by atoms with Crippen molar-refractivity contribution in [2.75, 3.05) is 13.1 Å². The number of rotatable bonds is 1. The highest BCUT2D eigenvalue weighted by atomic mass is 32.1. The van der Waals surface area contributed by atoms with E-state index in [1.807, 2.05) is 11.0 Å². The third-order valence-corrected chi connectivity index (χ3v) is 5.46. The van der Waals surface area contributed by atoms with Gasteiger partial charge in [0.15, 0.2) is 0 Å². The third kappa shape index (κ3) is 2.06. The molecule has 0 aromatic carbocycles. The van der Waals surface area contributed by atoms with Gasteiger partial charge in [-0.3, -0.25) is 4.79 Å². The molecule has 1 amide bonds. The molecule has 1 aliphatic heterocycles. The van der Waals surface area contributed by atoms with Crippen LogP contribution in [0.1, 0.15) is 23.5 Å². The molecule has 1 saturated heterocycles. The van der Waals surface area contributed by atoms with Crippen LogP contribution in [0.4, 0.5) is 0 Å². The lowest BCUT2D eigenvalue weighted by molar-refractivity contribution is 0.0621. The van der Waals surface area contributed by atoms with Crippen molar-refractivity contribution < 1.29 is 4.79 Å². The first-order chi connectivity index (χ1) is 8.65. The fourth-order valence-electron chi connectivity index (χ4n) is 2.32. The molecule has 1 N–H and O–H groups in total. The number of fused-ring (bicyclic) bond motifs is 1. The Bertz CT molecular complexity index is 546. The second kappa shape index (κ2) is 4.64. The van der Waals surface area contributed by atoms with Crippen LogP contribution in [0, 0.1) is 0 Å². The van der Waals surface area contributed by atoms with Crippen LogP contribution in [-0.2, 0) is 0 Å². The van der Waals surface area contributed by atoms with E-state index in [9.17, 15) is 4.79 Å². The quantitative estimate of drug-likeness (QED) is 0.871. The second-order valence-electron chi connectivity index (χ2n) is 4.88. The zero-order chi connectivity index (χ0) is 12.7. The summed E-state index contributed by atoms with van der Waals surface area (Å²) in [5.74, 6) is 0.184. The molecule has 2 atom stereocenters. The summed E-state index contributed by atoms with van der Waals surface area (Å²) in [6, 6.07) is 4.78. The molecule has 2 unspecified atom stereocenters. The predicted octanol–water partition coefficient (Wildman–Crippen LogP) is 2.79. The van der Waals surface area contributed by atoms with Crippen LogP contribution in [0.25, 0.3) is 9.40 Å². The fourth-order valence-corrected chi connectivity index (χ4v) is 4.38. The molecule has 3 heterocycles. The van der Waals surface area contributed by atoms with E-state index in [-0.39, 0.29) is 11.9 Å². The van der Waals surface area contributed by atoms with Crippen molar-refractivity contribution >= 4 is 38.0 Å². The summed E-state index contributed by atoms with van der Waals surface area (Å²) in [5.41, 5.74) is 0. The van der Waals surface area contributed by atoms with Crippen molar-refractivity contribution in [3.63, 3.8) is 0 Å². The van der Waals surface area contributed by atoms with Gasteiger partial charge in [-0.25, -0.2) is 0 Å². The van der Waals surface area contributed by atoms with Crippen LogP contribution in [0.2, 0.25) is 0 Å². The molecule has 0 saturated carbocycles. The van der Waals surface area contributed by atoms with Gasteiger partial charge in [0, 0.05) is 34.6 Å². The maximum absolute atomic E-state index is 12.5. The van der Waals surface area contributed by atoms with Gasteiger partial charge in [-0.15, -0.1) is 22.7 Å². The van der Waals surface area contributed by atoms with Crippen molar-refractivity contribution in [1.82, 2.24) is 10.2 Å². The van der Waals surface area contributed by atoms with Gasteiger partial charge in [0.25, 0.3) is 5.91 Å². The minimum atomic E-state index is 0.184. The number of nitrogens with zero attached hydrogens (tertiary/aromatic N) is 1. The number of nitrogens with one attached hydrogen (secondary N) is 1. The van der Waals surface area contributed by atoms with Crippen molar-refractivity contribution in [2.45, 2.75) is 25.9 Å². The van der Waals surface area contributed by atoms with Crippen molar-refractivity contribution in [1.29, 1.82) is 0 Å². The number of piperazine rings is 1. The van der Waals surface area contributed by atoms with Gasteiger partial charge in [0.1, 0.15) is 0 Å². The lowest BCUT2D eigenvalue weighted by atomic mass is 10.1. The highest BCUT2D eigenvalue weighted by Crippen LogP contribution is 2.31. The monoisotopic (exact) mass is 280 g/mol. The van der Waals surface area contributed by atoms with E-state index < -0.39 is 0 Å². The van der Waals surface area contributed by atoms with Crippen LogP contribution in [-0.4, -0.2) is 36.0 Å². The largest absolute Gasteiger partial charge is 0.332 e. The molecule has 2 aromatic heterocycles. The summed E-state index contributed by atoms with van der Waals surface area (Å²) in [6.07, 6.45) is 0. The molecule has 1 fully saturated rings. The molecule has 0 bridgehead atoms. The standard InChI is InChI=1S/C13H16N2OS2/c1-8-7-15(9(2)6-14-8)13(16)12-5-11-10(18-12)3-4-17-11/h3-5,8-9,14H,6-7H2,1-2H3. The smallest absolute Gasteiger partial charge is 0.264 e. The van der Waals surface area contributed by atoms with Crippen LogP contribution in [0.3, 0.4) is 0 Å². The number of hydrogen-bond donors (Lipinski definition) is 1. The van der Waals surface area contributed by atoms with Gasteiger partial charge in [0.2, 0.25) is 0 Å². The lowest BCUT2D eigenvalue weighted by Crippen LogP contribution is -2.56. The molecule has 0 radical (unpaired) electrons. The van der Waals surface area contributed by atoms with E-state index >= 15 is 0 Å². The van der Waals surface area contributed by atoms with Gasteiger partial charge < -0.3 is 10.2 Å². The Labute approximate surface area is 114 Å². The highest BCUT2D eigenvalue weighted by Gasteiger charge is 2.28. The summed E-state index contributed by atoms with van der Waals surface area (Å²) < 4.78 is 2.44. The minimum Gasteiger partial charge on any atom is -0.332 e. The Balaban J connectivity index is 1.87. The molecular formula is C13H16N2OS2. The molecule has 3 rings (SSSR count). The van der Waals surface area contributed by atoms with Crippen LogP contribution >= 0.6 is 22.7 Å². The average Bonchev–Trinajstić information content (AvgIpc) is 2.91. The molecule has 2 aromatic rings. The van der Waals surface area contributed by atoms with E-state index in [0.717, 1.165) is 18.0 Å². The first-order valence-electron chi connectivity index (χ1n) is 6.16. The molecular weight excluding hydrogens is 264 g/mol. The van der Waals surface area contributed by atoms with E-state index in [4.69, 9.17) is 0 Å². The number of thiophene rings is 2. The minimum absolute atomic E-state index is 0.184. The summed E-state index contributed by atoms with van der Waals surface area (Å²) >= 11 is 3.31. The number of carbonyl (C=O) groups excluding carboxylic acids is 1. The SMILES string of the molecule is CC1CN(C(=O)c2cc3sccc3s2)C(C)CN1. The van der Waals surface area contributed by atoms with Crippen molar-refractivity contribution in [3.05, 3.63) is 22.4 Å². The average molecular weight is 280 g/mol. The Hall–Kier alpha value is -0.910. The van der Waals surface area contributed by atoms with Gasteiger partial charge >= 0.3 is 0 Å². The van der Waals surface area contributed by atoms with E-state index in [1.54, 1.807) is 22.7 Å². The van der Waals surface area contributed by atoms with Crippen LogP contribution in [0.15, 0.2) is 17.5 Å². The molecule has 0 aliphatic carbocycles. The maximum atomic E-state index is 12.5. The maximum Gasteiger partial charge on any atom is 0.264 e. The predicted molar refractivity (Wildman–Crippen MR) is 77.7 cm³/mol. The third-order valence-electron chi connectivity index (χ3n) is 3.38. The summed E-state index contributed by atoms with van der Waals surface area (Å²) in [6.45, 7) is 5.91. The molecule has 1 aliphatic rings.